The zero-order chi connectivity index (χ0) is 21.9. The number of carbonyl (C=O) groups is 1. The normalized spacial score (nSPS) is 12.7. The van der Waals surface area contributed by atoms with Crippen LogP contribution in [0.1, 0.15) is 40.8 Å². The van der Waals surface area contributed by atoms with Gasteiger partial charge in [-0.1, -0.05) is 35.9 Å². The van der Waals surface area contributed by atoms with Crippen LogP contribution >= 0.6 is 0 Å². The number of hydrogen-bond donors (Lipinski definition) is 1. The molecule has 0 heterocycles. The summed E-state index contributed by atoms with van der Waals surface area (Å²) >= 11 is 0. The SMILES string of the molecule is Cc1ccc(C)c([C@@H](C)NC(=O)CN(c2cc(C)ccc2C)S(=O)(=O)N(C)C)c1. The summed E-state index contributed by atoms with van der Waals surface area (Å²) in [6.07, 6.45) is 0. The van der Waals surface area contributed by atoms with Crippen LogP contribution in [0, 0.1) is 27.7 Å². The van der Waals surface area contributed by atoms with Crippen molar-refractivity contribution in [1.82, 2.24) is 9.62 Å². The van der Waals surface area contributed by atoms with Gasteiger partial charge in [-0.3, -0.25) is 4.79 Å². The molecule has 0 aliphatic heterocycles. The fraction of sp³-hybridized carbons (Fsp3) is 0.409. The summed E-state index contributed by atoms with van der Waals surface area (Å²) in [6, 6.07) is 11.4. The Balaban J connectivity index is 2.32. The van der Waals surface area contributed by atoms with Crippen molar-refractivity contribution in [2.45, 2.75) is 40.7 Å². The molecule has 0 radical (unpaired) electrons. The predicted octanol–water partition coefficient (Wildman–Crippen LogP) is 3.41. The zero-order valence-corrected chi connectivity index (χ0v) is 19.1. The van der Waals surface area contributed by atoms with Gasteiger partial charge in [-0.25, -0.2) is 4.31 Å². The first-order chi connectivity index (χ1) is 13.4. The van der Waals surface area contributed by atoms with Gasteiger partial charge in [-0.2, -0.15) is 12.7 Å². The lowest BCUT2D eigenvalue weighted by Gasteiger charge is -2.29. The van der Waals surface area contributed by atoms with E-state index in [0.717, 1.165) is 32.1 Å². The quantitative estimate of drug-likeness (QED) is 0.751. The molecule has 6 nitrogen and oxygen atoms in total. The summed E-state index contributed by atoms with van der Waals surface area (Å²) in [5.74, 6) is -0.357. The molecule has 2 rings (SSSR count). The molecule has 1 amide bonds. The highest BCUT2D eigenvalue weighted by molar-refractivity contribution is 7.90. The van der Waals surface area contributed by atoms with E-state index in [2.05, 4.69) is 5.32 Å². The molecule has 0 aromatic heterocycles. The van der Waals surface area contributed by atoms with Gasteiger partial charge in [-0.15, -0.1) is 0 Å². The Hall–Kier alpha value is -2.38. The molecule has 1 atom stereocenters. The average molecular weight is 418 g/mol. The van der Waals surface area contributed by atoms with E-state index in [9.17, 15) is 13.2 Å². The van der Waals surface area contributed by atoms with E-state index in [0.29, 0.717) is 5.69 Å². The van der Waals surface area contributed by atoms with Gasteiger partial charge in [0.25, 0.3) is 0 Å². The van der Waals surface area contributed by atoms with Gasteiger partial charge in [0.05, 0.1) is 11.7 Å². The number of rotatable bonds is 7. The summed E-state index contributed by atoms with van der Waals surface area (Å²) in [5, 5.41) is 2.95. The van der Waals surface area contributed by atoms with Crippen LogP contribution in [-0.4, -0.2) is 39.3 Å². The van der Waals surface area contributed by atoms with E-state index in [1.807, 2.05) is 65.0 Å². The summed E-state index contributed by atoms with van der Waals surface area (Å²) < 4.78 is 28.2. The van der Waals surface area contributed by atoms with Crippen LogP contribution in [0.4, 0.5) is 5.69 Å². The van der Waals surface area contributed by atoms with E-state index < -0.39 is 10.2 Å². The molecule has 2 aromatic rings. The first-order valence-electron chi connectivity index (χ1n) is 9.57. The zero-order valence-electron chi connectivity index (χ0n) is 18.3. The van der Waals surface area contributed by atoms with Crippen LogP contribution < -0.4 is 9.62 Å². The second-order valence-corrected chi connectivity index (χ2v) is 9.80. The van der Waals surface area contributed by atoms with Crippen molar-refractivity contribution < 1.29 is 13.2 Å². The van der Waals surface area contributed by atoms with Gasteiger partial charge in [-0.05, 0) is 62.9 Å². The van der Waals surface area contributed by atoms with Crippen LogP contribution in [0.25, 0.3) is 0 Å². The first kappa shape index (κ1) is 22.9. The molecule has 0 aliphatic rings. The van der Waals surface area contributed by atoms with Crippen molar-refractivity contribution in [2.24, 2.45) is 0 Å². The Morgan fingerprint density at radius 2 is 1.52 bits per heavy atom. The molecule has 29 heavy (non-hydrogen) atoms. The van der Waals surface area contributed by atoms with E-state index in [-0.39, 0.29) is 18.5 Å². The summed E-state index contributed by atoms with van der Waals surface area (Å²) in [6.45, 7) is 9.34. The largest absolute Gasteiger partial charge is 0.348 e. The monoisotopic (exact) mass is 417 g/mol. The Morgan fingerprint density at radius 3 is 2.10 bits per heavy atom. The van der Waals surface area contributed by atoms with Crippen LogP contribution in [0.2, 0.25) is 0 Å². The molecule has 2 aromatic carbocycles. The van der Waals surface area contributed by atoms with Crippen molar-refractivity contribution in [3.63, 3.8) is 0 Å². The van der Waals surface area contributed by atoms with Gasteiger partial charge in [0.15, 0.2) is 0 Å². The standard InChI is InChI=1S/C22H31N3O3S/c1-15-8-10-17(3)20(12-15)19(5)23-22(26)14-25(29(27,28)24(6)7)21-13-16(2)9-11-18(21)4/h8-13,19H,14H2,1-7H3,(H,23,26)/t19-/m1/s1. The maximum absolute atomic E-state index is 13.0. The number of carbonyl (C=O) groups excluding carboxylic acids is 1. The van der Waals surface area contributed by atoms with Gasteiger partial charge < -0.3 is 5.32 Å². The van der Waals surface area contributed by atoms with Crippen LogP contribution in [0.15, 0.2) is 36.4 Å². The topological polar surface area (TPSA) is 69.7 Å². The third-order valence-electron chi connectivity index (χ3n) is 4.94. The highest BCUT2D eigenvalue weighted by Crippen LogP contribution is 2.25. The second kappa shape index (κ2) is 8.97. The number of amides is 1. The molecule has 0 fully saturated rings. The first-order valence-corrected chi connectivity index (χ1v) is 11.0. The highest BCUT2D eigenvalue weighted by Gasteiger charge is 2.29. The summed E-state index contributed by atoms with van der Waals surface area (Å²) in [4.78, 5) is 12.8. The summed E-state index contributed by atoms with van der Waals surface area (Å²) in [7, 11) is -0.911. The molecule has 0 spiro atoms. The minimum Gasteiger partial charge on any atom is -0.348 e. The maximum Gasteiger partial charge on any atom is 0.304 e. The number of nitrogens with zero attached hydrogens (tertiary/aromatic N) is 2. The third kappa shape index (κ3) is 5.36. The smallest absolute Gasteiger partial charge is 0.304 e. The molecular formula is C22H31N3O3S. The van der Waals surface area contributed by atoms with Crippen molar-refractivity contribution in [2.75, 3.05) is 24.9 Å². The van der Waals surface area contributed by atoms with E-state index in [1.54, 1.807) is 6.07 Å². The summed E-state index contributed by atoms with van der Waals surface area (Å²) in [5.41, 5.74) is 5.43. The number of benzene rings is 2. The van der Waals surface area contributed by atoms with Crippen LogP contribution in [0.5, 0.6) is 0 Å². The molecular weight excluding hydrogens is 386 g/mol. The van der Waals surface area contributed by atoms with E-state index in [1.165, 1.54) is 18.4 Å². The highest BCUT2D eigenvalue weighted by atomic mass is 32.2. The Kier molecular flexibility index (Phi) is 7.08. The van der Waals surface area contributed by atoms with Crippen LogP contribution in [-0.2, 0) is 15.0 Å². The minimum absolute atomic E-state index is 0.232. The van der Waals surface area contributed by atoms with Gasteiger partial charge in [0.2, 0.25) is 5.91 Å². The number of hydrogen-bond acceptors (Lipinski definition) is 3. The number of aryl methyl sites for hydroxylation is 4. The van der Waals surface area contributed by atoms with Crippen LogP contribution in [0.3, 0.4) is 0 Å². The Labute approximate surface area is 174 Å². The van der Waals surface area contributed by atoms with E-state index in [4.69, 9.17) is 0 Å². The fourth-order valence-electron chi connectivity index (χ4n) is 3.20. The molecule has 0 saturated heterocycles. The molecule has 7 heteroatoms. The third-order valence-corrected chi connectivity index (χ3v) is 6.74. The van der Waals surface area contributed by atoms with Crippen molar-refractivity contribution in [1.29, 1.82) is 0 Å². The predicted molar refractivity (Wildman–Crippen MR) is 118 cm³/mol. The molecule has 0 aliphatic carbocycles. The van der Waals surface area contributed by atoms with Crippen molar-refractivity contribution in [3.05, 3.63) is 64.2 Å². The molecule has 0 saturated carbocycles. The van der Waals surface area contributed by atoms with E-state index >= 15 is 0 Å². The van der Waals surface area contributed by atoms with Gasteiger partial charge >= 0.3 is 10.2 Å². The molecule has 0 bridgehead atoms. The fourth-order valence-corrected chi connectivity index (χ4v) is 4.32. The average Bonchev–Trinajstić information content (AvgIpc) is 2.63. The Morgan fingerprint density at radius 1 is 0.966 bits per heavy atom. The number of nitrogens with one attached hydrogen (secondary N) is 1. The second-order valence-electron chi connectivity index (χ2n) is 7.74. The lowest BCUT2D eigenvalue weighted by Crippen LogP contribution is -2.46. The lowest BCUT2D eigenvalue weighted by molar-refractivity contribution is -0.120. The molecule has 158 valence electrons. The lowest BCUT2D eigenvalue weighted by atomic mass is 10.00. The van der Waals surface area contributed by atoms with Crippen molar-refractivity contribution in [3.8, 4) is 0 Å². The molecule has 1 N–H and O–H groups in total. The Bertz CT molecular complexity index is 1000. The van der Waals surface area contributed by atoms with Crippen molar-refractivity contribution >= 4 is 21.8 Å². The van der Waals surface area contributed by atoms with Gasteiger partial charge in [0.1, 0.15) is 6.54 Å². The maximum atomic E-state index is 13.0. The minimum atomic E-state index is -3.84. The molecule has 0 unspecified atom stereocenters. The number of anilines is 1. The van der Waals surface area contributed by atoms with Gasteiger partial charge in [0, 0.05) is 14.1 Å².